The Kier molecular flexibility index (Phi) is 4.38. The van der Waals surface area contributed by atoms with E-state index in [0.717, 1.165) is 6.42 Å². The predicted octanol–water partition coefficient (Wildman–Crippen LogP) is 3.52. The van der Waals surface area contributed by atoms with Crippen LogP contribution in [-0.4, -0.2) is 12.1 Å². The van der Waals surface area contributed by atoms with Gasteiger partial charge in [-0.05, 0) is 37.7 Å². The lowest BCUT2D eigenvalue weighted by Gasteiger charge is -2.38. The van der Waals surface area contributed by atoms with Gasteiger partial charge in [-0.25, -0.2) is 0 Å². The fourth-order valence-electron chi connectivity index (χ4n) is 2.71. The van der Waals surface area contributed by atoms with Gasteiger partial charge in [0, 0.05) is 12.1 Å². The first-order valence-corrected chi connectivity index (χ1v) is 6.92. The normalized spacial score (nSPS) is 24.1. The molecule has 0 aromatic heterocycles. The van der Waals surface area contributed by atoms with Gasteiger partial charge in [0.05, 0.1) is 12.5 Å². The Bertz CT molecular complexity index is 427. The maximum absolute atomic E-state index is 8.74. The Labute approximate surface area is 110 Å². The van der Waals surface area contributed by atoms with Crippen LogP contribution in [0.1, 0.15) is 49.7 Å². The van der Waals surface area contributed by atoms with Crippen LogP contribution in [0, 0.1) is 18.3 Å². The van der Waals surface area contributed by atoms with Gasteiger partial charge >= 0.3 is 0 Å². The van der Waals surface area contributed by atoms with Crippen molar-refractivity contribution in [3.8, 4) is 6.07 Å². The van der Waals surface area contributed by atoms with Crippen molar-refractivity contribution >= 4 is 0 Å². The van der Waals surface area contributed by atoms with E-state index in [9.17, 15) is 0 Å². The molecule has 1 aliphatic rings. The van der Waals surface area contributed by atoms with Gasteiger partial charge < -0.3 is 5.32 Å². The van der Waals surface area contributed by atoms with Gasteiger partial charge in [-0.3, -0.25) is 0 Å². The molecule has 0 bridgehead atoms. The Morgan fingerprint density at radius 3 is 2.83 bits per heavy atom. The molecule has 0 saturated heterocycles. The fourth-order valence-corrected chi connectivity index (χ4v) is 2.71. The largest absolute Gasteiger partial charge is 0.310 e. The number of hydrogen-bond acceptors (Lipinski definition) is 2. The Morgan fingerprint density at radius 2 is 2.22 bits per heavy atom. The third-order valence-electron chi connectivity index (χ3n) is 3.95. The summed E-state index contributed by atoms with van der Waals surface area (Å²) in [5.41, 5.74) is 2.82. The zero-order chi connectivity index (χ0) is 13.0. The minimum Gasteiger partial charge on any atom is -0.310 e. The number of aryl methyl sites for hydroxylation is 1. The lowest BCUT2D eigenvalue weighted by Crippen LogP contribution is -2.45. The van der Waals surface area contributed by atoms with Gasteiger partial charge in [0.15, 0.2) is 0 Å². The minimum atomic E-state index is 0.374. The second-order valence-electron chi connectivity index (χ2n) is 5.41. The summed E-state index contributed by atoms with van der Waals surface area (Å²) < 4.78 is 0. The van der Waals surface area contributed by atoms with Crippen LogP contribution in [0.15, 0.2) is 24.3 Å². The van der Waals surface area contributed by atoms with E-state index < -0.39 is 0 Å². The summed E-state index contributed by atoms with van der Waals surface area (Å²) in [7, 11) is 0. The topological polar surface area (TPSA) is 35.8 Å². The van der Waals surface area contributed by atoms with E-state index in [4.69, 9.17) is 5.26 Å². The van der Waals surface area contributed by atoms with Gasteiger partial charge in [0.25, 0.3) is 0 Å². The molecule has 2 rings (SSSR count). The van der Waals surface area contributed by atoms with Crippen LogP contribution in [0.25, 0.3) is 0 Å². The van der Waals surface area contributed by atoms with E-state index in [1.54, 1.807) is 0 Å². The summed E-state index contributed by atoms with van der Waals surface area (Å²) in [5.74, 6) is 0.710. The monoisotopic (exact) mass is 242 g/mol. The van der Waals surface area contributed by atoms with E-state index in [2.05, 4.69) is 49.5 Å². The standard InChI is InChI=1S/C16H22N2/c1-3-15(7-8-17)18-16-10-14(11-16)13-6-4-5-12(2)9-13/h4-6,9,14-16,18H,3,7,10-11H2,1-2H3. The number of nitriles is 1. The van der Waals surface area contributed by atoms with Gasteiger partial charge in [0.2, 0.25) is 0 Å². The van der Waals surface area contributed by atoms with Crippen molar-refractivity contribution < 1.29 is 0 Å². The molecule has 1 unspecified atom stereocenters. The lowest BCUT2D eigenvalue weighted by molar-refractivity contribution is 0.262. The first kappa shape index (κ1) is 13.1. The highest BCUT2D eigenvalue weighted by atomic mass is 15.0. The van der Waals surface area contributed by atoms with Gasteiger partial charge in [-0.15, -0.1) is 0 Å². The molecule has 0 aliphatic heterocycles. The maximum atomic E-state index is 8.74. The fraction of sp³-hybridized carbons (Fsp3) is 0.562. The number of nitrogens with zero attached hydrogens (tertiary/aromatic N) is 1. The van der Waals surface area contributed by atoms with Crippen molar-refractivity contribution in [1.29, 1.82) is 5.26 Å². The number of rotatable bonds is 5. The van der Waals surface area contributed by atoms with E-state index in [0.29, 0.717) is 24.4 Å². The third kappa shape index (κ3) is 3.11. The van der Waals surface area contributed by atoms with Crippen molar-refractivity contribution in [2.75, 3.05) is 0 Å². The number of hydrogen-bond donors (Lipinski definition) is 1. The first-order chi connectivity index (χ1) is 8.72. The summed E-state index contributed by atoms with van der Waals surface area (Å²) in [5, 5.41) is 12.3. The van der Waals surface area contributed by atoms with Crippen LogP contribution in [0.2, 0.25) is 0 Å². The van der Waals surface area contributed by atoms with Crippen molar-refractivity contribution in [2.24, 2.45) is 0 Å². The average molecular weight is 242 g/mol. The number of nitrogens with one attached hydrogen (secondary N) is 1. The average Bonchev–Trinajstić information content (AvgIpc) is 2.31. The van der Waals surface area contributed by atoms with Gasteiger partial charge in [-0.2, -0.15) is 5.26 Å². The van der Waals surface area contributed by atoms with E-state index in [-0.39, 0.29) is 0 Å². The Balaban J connectivity index is 1.82. The predicted molar refractivity (Wildman–Crippen MR) is 74.4 cm³/mol. The molecule has 18 heavy (non-hydrogen) atoms. The molecule has 96 valence electrons. The molecule has 1 aromatic carbocycles. The summed E-state index contributed by atoms with van der Waals surface area (Å²) in [6.07, 6.45) is 4.10. The van der Waals surface area contributed by atoms with Crippen LogP contribution < -0.4 is 5.32 Å². The van der Waals surface area contributed by atoms with E-state index in [1.807, 2.05) is 0 Å². The quantitative estimate of drug-likeness (QED) is 0.857. The van der Waals surface area contributed by atoms with Crippen LogP contribution >= 0.6 is 0 Å². The maximum Gasteiger partial charge on any atom is 0.0638 e. The van der Waals surface area contributed by atoms with Gasteiger partial charge in [0.1, 0.15) is 0 Å². The van der Waals surface area contributed by atoms with Crippen molar-refractivity contribution in [2.45, 2.75) is 57.5 Å². The van der Waals surface area contributed by atoms with Crippen LogP contribution in [0.4, 0.5) is 0 Å². The molecule has 1 saturated carbocycles. The van der Waals surface area contributed by atoms with E-state index >= 15 is 0 Å². The zero-order valence-electron chi connectivity index (χ0n) is 11.3. The van der Waals surface area contributed by atoms with Crippen molar-refractivity contribution in [1.82, 2.24) is 5.32 Å². The molecule has 1 aromatic rings. The summed E-state index contributed by atoms with van der Waals surface area (Å²) in [6, 6.07) is 12.1. The molecule has 2 nitrogen and oxygen atoms in total. The smallest absolute Gasteiger partial charge is 0.0638 e. The Hall–Kier alpha value is -1.33. The molecule has 1 atom stereocenters. The first-order valence-electron chi connectivity index (χ1n) is 6.92. The number of benzene rings is 1. The highest BCUT2D eigenvalue weighted by Gasteiger charge is 2.31. The summed E-state index contributed by atoms with van der Waals surface area (Å²) >= 11 is 0. The second kappa shape index (κ2) is 6.02. The van der Waals surface area contributed by atoms with Crippen molar-refractivity contribution in [3.63, 3.8) is 0 Å². The summed E-state index contributed by atoms with van der Waals surface area (Å²) in [4.78, 5) is 0. The molecule has 1 fully saturated rings. The van der Waals surface area contributed by atoms with E-state index in [1.165, 1.54) is 24.0 Å². The Morgan fingerprint density at radius 1 is 1.44 bits per heavy atom. The molecular weight excluding hydrogens is 220 g/mol. The second-order valence-corrected chi connectivity index (χ2v) is 5.41. The van der Waals surface area contributed by atoms with Gasteiger partial charge in [-0.1, -0.05) is 36.8 Å². The molecular formula is C16H22N2. The van der Waals surface area contributed by atoms with Crippen LogP contribution in [0.3, 0.4) is 0 Å². The molecule has 0 spiro atoms. The molecule has 0 heterocycles. The summed E-state index contributed by atoms with van der Waals surface area (Å²) in [6.45, 7) is 4.30. The molecule has 1 aliphatic carbocycles. The molecule has 0 amide bonds. The third-order valence-corrected chi connectivity index (χ3v) is 3.95. The SMILES string of the molecule is CCC(CC#N)NC1CC(c2cccc(C)c2)C1. The molecule has 0 radical (unpaired) electrons. The zero-order valence-corrected chi connectivity index (χ0v) is 11.3. The van der Waals surface area contributed by atoms with Crippen LogP contribution in [0.5, 0.6) is 0 Å². The van der Waals surface area contributed by atoms with Crippen LogP contribution in [-0.2, 0) is 0 Å². The lowest BCUT2D eigenvalue weighted by atomic mass is 9.75. The van der Waals surface area contributed by atoms with Crippen molar-refractivity contribution in [3.05, 3.63) is 35.4 Å². The highest BCUT2D eigenvalue weighted by molar-refractivity contribution is 5.27. The highest BCUT2D eigenvalue weighted by Crippen LogP contribution is 2.37. The molecule has 1 N–H and O–H groups in total. The molecule has 2 heteroatoms. The minimum absolute atomic E-state index is 0.374.